The zero-order valence-corrected chi connectivity index (χ0v) is 11.8. The van der Waals surface area contributed by atoms with Gasteiger partial charge in [0.05, 0.1) is 39.6 Å². The summed E-state index contributed by atoms with van der Waals surface area (Å²) in [6.07, 6.45) is 0. The van der Waals surface area contributed by atoms with Gasteiger partial charge in [-0.1, -0.05) is 0 Å². The van der Waals surface area contributed by atoms with Gasteiger partial charge in [-0.2, -0.15) is 0 Å². The molecule has 0 aromatic carbocycles. The Bertz CT molecular complexity index is 124. The Kier molecular flexibility index (Phi) is 16.4. The lowest BCUT2D eigenvalue weighted by Gasteiger charge is -2.02. The van der Waals surface area contributed by atoms with Crippen molar-refractivity contribution in [1.29, 1.82) is 0 Å². The van der Waals surface area contributed by atoms with Gasteiger partial charge < -0.3 is 18.9 Å². The van der Waals surface area contributed by atoms with Crippen molar-refractivity contribution in [3.05, 3.63) is 0 Å². The smallest absolute Gasteiger partial charge is 0.251 e. The fourth-order valence-corrected chi connectivity index (χ4v) is 1.33. The summed E-state index contributed by atoms with van der Waals surface area (Å²) in [6.45, 7) is 4.69. The van der Waals surface area contributed by atoms with Gasteiger partial charge in [0.15, 0.2) is 0 Å². The van der Waals surface area contributed by atoms with E-state index in [1.54, 1.807) is 14.2 Å². The van der Waals surface area contributed by atoms with Crippen molar-refractivity contribution in [1.82, 2.24) is 0 Å². The van der Waals surface area contributed by atoms with E-state index >= 15 is 0 Å². The summed E-state index contributed by atoms with van der Waals surface area (Å²) in [5.41, 5.74) is 0. The number of hydrogen-bond acceptors (Lipinski definition) is 6. The minimum Gasteiger partial charge on any atom is -0.382 e. The van der Waals surface area contributed by atoms with Crippen LogP contribution in [0, 0.1) is 0 Å². The fourth-order valence-electron chi connectivity index (χ4n) is 0.847. The largest absolute Gasteiger partial charge is 0.382 e. The first kappa shape index (κ1) is 17.2. The van der Waals surface area contributed by atoms with E-state index < -0.39 is 9.03 Å². The summed E-state index contributed by atoms with van der Waals surface area (Å²) >= 11 is 0. The highest BCUT2D eigenvalue weighted by molar-refractivity contribution is 7.26. The maximum atomic E-state index is 5.26. The maximum absolute atomic E-state index is 5.26. The van der Waals surface area contributed by atoms with Crippen LogP contribution in [-0.4, -0.2) is 67.1 Å². The molecule has 0 heterocycles. The van der Waals surface area contributed by atoms with Gasteiger partial charge in [0.1, 0.15) is 13.2 Å². The molecule has 0 aliphatic carbocycles. The predicted octanol–water partition coefficient (Wildman–Crippen LogP) is 0.586. The average Bonchev–Trinajstić information content (AvgIpc) is 2.35. The molecule has 0 rings (SSSR count). The van der Waals surface area contributed by atoms with Crippen LogP contribution in [-0.2, 0) is 28.0 Å². The Morgan fingerprint density at radius 2 is 1.00 bits per heavy atom. The number of methoxy groups -OCH3 is 2. The van der Waals surface area contributed by atoms with Gasteiger partial charge in [0.25, 0.3) is 9.03 Å². The molecule has 0 radical (unpaired) electrons. The number of hydrogen-bond donors (Lipinski definition) is 0. The molecule has 6 nitrogen and oxygen atoms in total. The van der Waals surface area contributed by atoms with Crippen molar-refractivity contribution in [2.45, 2.75) is 0 Å². The van der Waals surface area contributed by atoms with Crippen LogP contribution in [0.1, 0.15) is 0 Å². The van der Waals surface area contributed by atoms with Crippen LogP contribution in [0.4, 0.5) is 0 Å². The topological polar surface area (TPSA) is 55.4 Å². The monoisotopic (exact) mass is 271 g/mol. The van der Waals surface area contributed by atoms with E-state index in [9.17, 15) is 0 Å². The summed E-state index contributed by atoms with van der Waals surface area (Å²) in [5.74, 6) is 0. The van der Waals surface area contributed by atoms with Crippen molar-refractivity contribution in [3.63, 3.8) is 0 Å². The van der Waals surface area contributed by atoms with E-state index in [4.69, 9.17) is 28.0 Å². The quantitative estimate of drug-likeness (QED) is 0.340. The van der Waals surface area contributed by atoms with E-state index in [1.807, 2.05) is 0 Å². The van der Waals surface area contributed by atoms with Crippen LogP contribution in [0.3, 0.4) is 0 Å². The third-order valence-corrected chi connectivity index (χ3v) is 2.43. The Balaban J connectivity index is 2.85. The highest BCUT2D eigenvalue weighted by Gasteiger charge is 1.97. The molecule has 7 heteroatoms. The van der Waals surface area contributed by atoms with E-state index in [-0.39, 0.29) is 0 Å². The summed E-state index contributed by atoms with van der Waals surface area (Å²) < 4.78 is 30.6. The lowest BCUT2D eigenvalue weighted by atomic mass is 10.7. The van der Waals surface area contributed by atoms with E-state index in [1.165, 1.54) is 0 Å². The summed E-state index contributed by atoms with van der Waals surface area (Å²) in [6, 6.07) is 0. The van der Waals surface area contributed by atoms with Gasteiger partial charge in [0.2, 0.25) is 0 Å². The molecule has 0 saturated carbocycles. The molecule has 0 fully saturated rings. The second-order valence-corrected chi connectivity index (χ2v) is 3.91. The van der Waals surface area contributed by atoms with Crippen molar-refractivity contribution >= 4 is 9.03 Å². The SMILES string of the molecule is COCCOCCO[PH2+]OCCOCCOC. The molecule has 0 aliphatic rings. The molecule has 0 saturated heterocycles. The normalized spacial score (nSPS) is 10.9. The second kappa shape index (κ2) is 16.2. The van der Waals surface area contributed by atoms with Crippen LogP contribution in [0.5, 0.6) is 0 Å². The van der Waals surface area contributed by atoms with Gasteiger partial charge in [-0.25, -0.2) is 9.05 Å². The van der Waals surface area contributed by atoms with Gasteiger partial charge in [-0.05, 0) is 0 Å². The van der Waals surface area contributed by atoms with Gasteiger partial charge >= 0.3 is 0 Å². The molecule has 0 aliphatic heterocycles. The first-order chi connectivity index (χ1) is 8.41. The standard InChI is InChI=1S/C10H24O6P/c1-11-3-5-13-7-9-15-17-16-10-8-14-6-4-12-2/h3-10,17H2,1-2H3/q+1. The maximum Gasteiger partial charge on any atom is 0.251 e. The highest BCUT2D eigenvalue weighted by atomic mass is 31.1. The molecule has 0 N–H and O–H groups in total. The first-order valence-corrected chi connectivity index (χ1v) is 6.54. The van der Waals surface area contributed by atoms with Crippen molar-refractivity contribution in [2.75, 3.05) is 67.1 Å². The van der Waals surface area contributed by atoms with Crippen molar-refractivity contribution in [3.8, 4) is 0 Å². The van der Waals surface area contributed by atoms with Gasteiger partial charge in [-0.15, -0.1) is 0 Å². The molecule has 104 valence electrons. The Morgan fingerprint density at radius 3 is 1.41 bits per heavy atom. The molecule has 17 heavy (non-hydrogen) atoms. The van der Waals surface area contributed by atoms with Crippen LogP contribution in [0.25, 0.3) is 0 Å². The van der Waals surface area contributed by atoms with Crippen LogP contribution in [0.15, 0.2) is 0 Å². The third kappa shape index (κ3) is 16.2. The van der Waals surface area contributed by atoms with Gasteiger partial charge in [0, 0.05) is 14.2 Å². The molecular formula is C10H24O6P+. The fraction of sp³-hybridized carbons (Fsp3) is 1.00. The predicted molar refractivity (Wildman–Crippen MR) is 67.0 cm³/mol. The lowest BCUT2D eigenvalue weighted by Crippen LogP contribution is -2.07. The van der Waals surface area contributed by atoms with Crippen LogP contribution < -0.4 is 0 Å². The molecular weight excluding hydrogens is 247 g/mol. The molecule has 0 amide bonds. The summed E-state index contributed by atoms with van der Waals surface area (Å²) in [7, 11) is 2.86. The van der Waals surface area contributed by atoms with Crippen LogP contribution >= 0.6 is 9.03 Å². The zero-order chi connectivity index (χ0) is 12.6. The molecule has 0 atom stereocenters. The van der Waals surface area contributed by atoms with E-state index in [0.29, 0.717) is 52.9 Å². The third-order valence-electron chi connectivity index (χ3n) is 1.69. The van der Waals surface area contributed by atoms with Crippen molar-refractivity contribution < 1.29 is 28.0 Å². The van der Waals surface area contributed by atoms with E-state index in [0.717, 1.165) is 0 Å². The minimum atomic E-state index is -0.428. The average molecular weight is 271 g/mol. The number of ether oxygens (including phenoxy) is 4. The highest BCUT2D eigenvalue weighted by Crippen LogP contribution is 2.12. The first-order valence-electron chi connectivity index (χ1n) is 5.60. The minimum absolute atomic E-state index is 0.428. The molecule has 0 spiro atoms. The van der Waals surface area contributed by atoms with Gasteiger partial charge in [-0.3, -0.25) is 0 Å². The summed E-state index contributed by atoms with van der Waals surface area (Å²) in [5, 5.41) is 0. The Hall–Kier alpha value is 0.190. The van der Waals surface area contributed by atoms with E-state index in [2.05, 4.69) is 0 Å². The molecule has 0 aromatic rings. The lowest BCUT2D eigenvalue weighted by molar-refractivity contribution is 0.0475. The van der Waals surface area contributed by atoms with Crippen molar-refractivity contribution in [2.24, 2.45) is 0 Å². The summed E-state index contributed by atoms with van der Waals surface area (Å²) in [4.78, 5) is 0. The van der Waals surface area contributed by atoms with Crippen LogP contribution in [0.2, 0.25) is 0 Å². The zero-order valence-electron chi connectivity index (χ0n) is 10.7. The molecule has 0 bridgehead atoms. The Labute approximate surface area is 105 Å². The molecule has 0 unspecified atom stereocenters. The Morgan fingerprint density at radius 1 is 0.588 bits per heavy atom. The number of rotatable bonds is 14. The second-order valence-electron chi connectivity index (χ2n) is 3.05. The molecule has 0 aromatic heterocycles.